The van der Waals surface area contributed by atoms with Crippen molar-refractivity contribution in [2.45, 2.75) is 111 Å². The van der Waals surface area contributed by atoms with Crippen molar-refractivity contribution in [3.63, 3.8) is 0 Å². The topological polar surface area (TPSA) is 89.5 Å². The van der Waals surface area contributed by atoms with Gasteiger partial charge in [-0.15, -0.1) is 0 Å². The van der Waals surface area contributed by atoms with Gasteiger partial charge in [0.1, 0.15) is 29.3 Å². The molecule has 0 aromatic heterocycles. The lowest BCUT2D eigenvalue weighted by atomic mass is 10.0. The number of hydrogen-bond donors (Lipinski definition) is 1. The van der Waals surface area contributed by atoms with Gasteiger partial charge in [0.15, 0.2) is 0 Å². The van der Waals surface area contributed by atoms with E-state index in [9.17, 15) is 9.59 Å². The normalized spacial score (nSPS) is 12.9. The predicted molar refractivity (Wildman–Crippen MR) is 155 cm³/mol. The molecule has 1 aromatic rings. The lowest BCUT2D eigenvalue weighted by molar-refractivity contribution is -0.136. The summed E-state index contributed by atoms with van der Waals surface area (Å²) >= 11 is 0. The Morgan fingerprint density at radius 1 is 1.13 bits per heavy atom. The van der Waals surface area contributed by atoms with Crippen LogP contribution < -0.4 is 10.1 Å². The second-order valence-electron chi connectivity index (χ2n) is 10.9. The summed E-state index contributed by atoms with van der Waals surface area (Å²) in [6.07, 6.45) is 3.60. The van der Waals surface area contributed by atoms with Gasteiger partial charge in [0.25, 0.3) is 0 Å². The molecule has 214 valence electrons. The molecule has 0 saturated heterocycles. The van der Waals surface area contributed by atoms with E-state index in [0.29, 0.717) is 35.7 Å². The van der Waals surface area contributed by atoms with Crippen LogP contribution in [0.2, 0.25) is 0 Å². The number of rotatable bonds is 15. The molecule has 38 heavy (non-hydrogen) atoms. The number of carbonyl (C=O) groups excluding carboxylic acids is 2. The number of hydrogen-bond acceptors (Lipinski definition) is 6. The van der Waals surface area contributed by atoms with Crippen LogP contribution in [-0.2, 0) is 14.3 Å². The van der Waals surface area contributed by atoms with Crippen LogP contribution in [0.5, 0.6) is 5.75 Å². The van der Waals surface area contributed by atoms with Gasteiger partial charge in [-0.05, 0) is 73.7 Å². The maximum atomic E-state index is 13.7. The highest BCUT2D eigenvalue weighted by Gasteiger charge is 2.30. The Morgan fingerprint density at radius 3 is 2.32 bits per heavy atom. The quantitative estimate of drug-likeness (QED) is 0.152. The molecule has 0 aliphatic heterocycles. The first-order valence-electron chi connectivity index (χ1n) is 13.6. The van der Waals surface area contributed by atoms with Crippen LogP contribution in [0, 0.1) is 6.92 Å². The molecule has 2 unspecified atom stereocenters. The summed E-state index contributed by atoms with van der Waals surface area (Å²) < 4.78 is 17.0. The SMILES string of the molecule is C=Nc1c(C(=C)OC(C)CN(C(=O)C(CCCCCC)NC(=O)OC(C)(C)C)C(C)C)ccc(OC)c1C. The first-order valence-corrected chi connectivity index (χ1v) is 13.6. The maximum absolute atomic E-state index is 13.7. The molecular formula is C30H49N3O5. The van der Waals surface area contributed by atoms with Gasteiger partial charge in [-0.2, -0.15) is 0 Å². The Morgan fingerprint density at radius 2 is 1.79 bits per heavy atom. The Bertz CT molecular complexity index is 952. The third kappa shape index (κ3) is 10.4. The van der Waals surface area contributed by atoms with E-state index in [-0.39, 0.29) is 18.1 Å². The van der Waals surface area contributed by atoms with E-state index >= 15 is 0 Å². The van der Waals surface area contributed by atoms with Gasteiger partial charge in [-0.3, -0.25) is 9.79 Å². The van der Waals surface area contributed by atoms with Gasteiger partial charge in [-0.1, -0.05) is 39.2 Å². The average Bonchev–Trinajstić information content (AvgIpc) is 2.82. The summed E-state index contributed by atoms with van der Waals surface area (Å²) in [5.41, 5.74) is 1.55. The fraction of sp³-hybridized carbons (Fsp3) is 0.633. The lowest BCUT2D eigenvalue weighted by Gasteiger charge is -2.33. The molecule has 0 spiro atoms. The molecule has 8 nitrogen and oxygen atoms in total. The van der Waals surface area contributed by atoms with E-state index in [4.69, 9.17) is 14.2 Å². The number of amides is 2. The molecular weight excluding hydrogens is 482 g/mol. The van der Waals surface area contributed by atoms with Crippen LogP contribution in [0.4, 0.5) is 10.5 Å². The minimum absolute atomic E-state index is 0.103. The van der Waals surface area contributed by atoms with E-state index in [1.807, 2.05) is 39.8 Å². The molecule has 0 fully saturated rings. The third-order valence-electron chi connectivity index (χ3n) is 6.10. The number of aliphatic imine (C=N–C) groups is 1. The highest BCUT2D eigenvalue weighted by Crippen LogP contribution is 2.35. The molecule has 0 aliphatic rings. The third-order valence-corrected chi connectivity index (χ3v) is 6.10. The van der Waals surface area contributed by atoms with E-state index < -0.39 is 17.7 Å². The zero-order chi connectivity index (χ0) is 29.0. The standard InChI is InChI=1S/C30H49N3O5/c1-12-13-14-15-16-25(32-29(35)38-30(7,8)9)28(34)33(20(2)3)19-21(4)37-23(6)24-17-18-26(36-11)22(5)27(24)31-10/h17-18,20-21,25H,6,10,12-16,19H2,1-5,7-9,11H3,(H,32,35). The molecule has 1 aromatic carbocycles. The smallest absolute Gasteiger partial charge is 0.408 e. The largest absolute Gasteiger partial charge is 0.496 e. The number of unbranched alkanes of at least 4 members (excludes halogenated alkanes) is 3. The Kier molecular flexibility index (Phi) is 13.4. The van der Waals surface area contributed by atoms with E-state index in [2.05, 4.69) is 30.5 Å². The molecule has 0 aliphatic carbocycles. The molecule has 2 amide bonds. The maximum Gasteiger partial charge on any atom is 0.408 e. The van der Waals surface area contributed by atoms with E-state index in [1.165, 1.54) is 0 Å². The van der Waals surface area contributed by atoms with Gasteiger partial charge >= 0.3 is 6.09 Å². The molecule has 0 heterocycles. The Labute approximate surface area is 229 Å². The van der Waals surface area contributed by atoms with Gasteiger partial charge in [0, 0.05) is 17.2 Å². The van der Waals surface area contributed by atoms with Crippen LogP contribution in [0.1, 0.15) is 91.7 Å². The van der Waals surface area contributed by atoms with Crippen molar-refractivity contribution >= 4 is 30.2 Å². The van der Waals surface area contributed by atoms with Crippen molar-refractivity contribution in [1.29, 1.82) is 0 Å². The van der Waals surface area contributed by atoms with Crippen molar-refractivity contribution in [3.8, 4) is 5.75 Å². The van der Waals surface area contributed by atoms with Crippen molar-refractivity contribution in [3.05, 3.63) is 29.8 Å². The fourth-order valence-corrected chi connectivity index (χ4v) is 4.19. The van der Waals surface area contributed by atoms with Crippen molar-refractivity contribution in [2.75, 3.05) is 13.7 Å². The van der Waals surface area contributed by atoms with Crippen molar-refractivity contribution in [2.24, 2.45) is 4.99 Å². The monoisotopic (exact) mass is 531 g/mol. The van der Waals surface area contributed by atoms with Crippen LogP contribution in [0.15, 0.2) is 23.7 Å². The van der Waals surface area contributed by atoms with Crippen molar-refractivity contribution < 1.29 is 23.8 Å². The highest BCUT2D eigenvalue weighted by atomic mass is 16.6. The van der Waals surface area contributed by atoms with Crippen LogP contribution in [0.3, 0.4) is 0 Å². The zero-order valence-corrected chi connectivity index (χ0v) is 25.0. The molecule has 1 N–H and O–H groups in total. The molecule has 8 heteroatoms. The molecule has 1 rings (SSSR count). The Hall–Kier alpha value is -3.03. The number of nitrogens with zero attached hydrogens (tertiary/aromatic N) is 2. The summed E-state index contributed by atoms with van der Waals surface area (Å²) in [4.78, 5) is 32.1. The summed E-state index contributed by atoms with van der Waals surface area (Å²) in [5, 5.41) is 2.82. The van der Waals surface area contributed by atoms with Crippen LogP contribution in [0.25, 0.3) is 5.76 Å². The number of nitrogens with one attached hydrogen (secondary N) is 1. The van der Waals surface area contributed by atoms with Crippen molar-refractivity contribution in [1.82, 2.24) is 10.2 Å². The van der Waals surface area contributed by atoms with Gasteiger partial charge < -0.3 is 24.4 Å². The minimum Gasteiger partial charge on any atom is -0.496 e. The fourth-order valence-electron chi connectivity index (χ4n) is 4.19. The Balaban J connectivity index is 3.04. The van der Waals surface area contributed by atoms with E-state index in [1.54, 1.807) is 32.8 Å². The molecule has 0 saturated carbocycles. The highest BCUT2D eigenvalue weighted by molar-refractivity contribution is 5.86. The van der Waals surface area contributed by atoms with Crippen LogP contribution in [-0.4, -0.2) is 61.1 Å². The number of methoxy groups -OCH3 is 1. The van der Waals surface area contributed by atoms with E-state index in [0.717, 1.165) is 31.2 Å². The lowest BCUT2D eigenvalue weighted by Crippen LogP contribution is -2.53. The van der Waals surface area contributed by atoms with Gasteiger partial charge in [-0.25, -0.2) is 4.79 Å². The first kappa shape index (κ1) is 33.0. The summed E-state index contributed by atoms with van der Waals surface area (Å²) in [5.74, 6) is 0.984. The molecule has 0 radical (unpaired) electrons. The number of ether oxygens (including phenoxy) is 3. The second-order valence-corrected chi connectivity index (χ2v) is 10.9. The van der Waals surface area contributed by atoms with Gasteiger partial charge in [0.2, 0.25) is 5.91 Å². The summed E-state index contributed by atoms with van der Waals surface area (Å²) in [7, 11) is 1.61. The number of carbonyl (C=O) groups is 2. The second kappa shape index (κ2) is 15.4. The minimum atomic E-state index is -0.680. The number of benzene rings is 1. The predicted octanol–water partition coefficient (Wildman–Crippen LogP) is 6.81. The van der Waals surface area contributed by atoms with Crippen LogP contribution >= 0.6 is 0 Å². The van der Waals surface area contributed by atoms with Gasteiger partial charge in [0.05, 0.1) is 19.3 Å². The average molecular weight is 532 g/mol. The first-order chi connectivity index (χ1) is 17.7. The molecule has 0 bridgehead atoms. The molecule has 2 atom stereocenters. The number of alkyl carbamates (subject to hydrolysis) is 1. The zero-order valence-electron chi connectivity index (χ0n) is 25.0. The summed E-state index contributed by atoms with van der Waals surface area (Å²) in [6.45, 7) is 23.4. The summed E-state index contributed by atoms with van der Waals surface area (Å²) in [6, 6.07) is 2.90.